The van der Waals surface area contributed by atoms with E-state index in [-0.39, 0.29) is 18.1 Å². The number of nitrogens with zero attached hydrogens (tertiary/aromatic N) is 2. The number of carboxylic acids is 1. The van der Waals surface area contributed by atoms with Crippen molar-refractivity contribution >= 4 is 35.4 Å². The Morgan fingerprint density at radius 2 is 1.97 bits per heavy atom. The van der Waals surface area contributed by atoms with Crippen LogP contribution in [0.25, 0.3) is 6.08 Å². The van der Waals surface area contributed by atoms with Gasteiger partial charge in [-0.2, -0.15) is 0 Å². The summed E-state index contributed by atoms with van der Waals surface area (Å²) < 4.78 is 0. The van der Waals surface area contributed by atoms with E-state index in [4.69, 9.17) is 5.11 Å². The predicted molar refractivity (Wildman–Crippen MR) is 119 cm³/mol. The molecule has 31 heavy (non-hydrogen) atoms. The van der Waals surface area contributed by atoms with Crippen molar-refractivity contribution in [3.63, 3.8) is 0 Å². The highest BCUT2D eigenvalue weighted by molar-refractivity contribution is 7.99. The Morgan fingerprint density at radius 3 is 2.61 bits per heavy atom. The van der Waals surface area contributed by atoms with Crippen molar-refractivity contribution in [3.8, 4) is 0 Å². The molecule has 0 bridgehead atoms. The number of hydrogen-bond donors (Lipinski definition) is 1. The quantitative estimate of drug-likeness (QED) is 0.376. The van der Waals surface area contributed by atoms with Crippen molar-refractivity contribution in [2.75, 3.05) is 13.1 Å². The van der Waals surface area contributed by atoms with Gasteiger partial charge in [-0.1, -0.05) is 49.9 Å². The van der Waals surface area contributed by atoms with Crippen LogP contribution in [0, 0.1) is 16.0 Å². The fraction of sp³-hybridized carbons (Fsp3) is 0.304. The second-order valence-corrected chi connectivity index (χ2v) is 8.80. The highest BCUT2D eigenvalue weighted by Crippen LogP contribution is 2.39. The number of carbonyl (C=O) groups excluding carboxylic acids is 1. The molecule has 162 valence electrons. The number of amides is 1. The number of nitro groups is 1. The molecule has 0 saturated carbocycles. The van der Waals surface area contributed by atoms with E-state index in [9.17, 15) is 19.7 Å². The molecule has 1 atom stereocenters. The van der Waals surface area contributed by atoms with Crippen molar-refractivity contribution in [1.29, 1.82) is 0 Å². The van der Waals surface area contributed by atoms with E-state index in [1.165, 1.54) is 34.9 Å². The third-order valence-electron chi connectivity index (χ3n) is 5.21. The van der Waals surface area contributed by atoms with E-state index in [0.29, 0.717) is 29.3 Å². The van der Waals surface area contributed by atoms with E-state index in [1.54, 1.807) is 12.1 Å². The normalized spacial score (nSPS) is 16.2. The maximum Gasteiger partial charge on any atom is 0.308 e. The van der Waals surface area contributed by atoms with Crippen LogP contribution >= 0.6 is 11.8 Å². The zero-order valence-electron chi connectivity index (χ0n) is 17.4. The van der Waals surface area contributed by atoms with Crippen LogP contribution in [0.3, 0.4) is 0 Å². The van der Waals surface area contributed by atoms with Crippen molar-refractivity contribution in [3.05, 3.63) is 69.8 Å². The van der Waals surface area contributed by atoms with Crippen LogP contribution in [0.2, 0.25) is 0 Å². The van der Waals surface area contributed by atoms with Gasteiger partial charge in [-0.15, -0.1) is 0 Å². The Balaban J connectivity index is 1.78. The zero-order chi connectivity index (χ0) is 22.5. The van der Waals surface area contributed by atoms with Crippen LogP contribution in [-0.4, -0.2) is 39.9 Å². The van der Waals surface area contributed by atoms with Gasteiger partial charge in [-0.3, -0.25) is 19.7 Å². The highest BCUT2D eigenvalue weighted by Gasteiger charge is 2.29. The van der Waals surface area contributed by atoms with Gasteiger partial charge in [0.05, 0.1) is 15.7 Å². The Labute approximate surface area is 184 Å². The van der Waals surface area contributed by atoms with Crippen molar-refractivity contribution in [2.45, 2.75) is 36.0 Å². The van der Waals surface area contributed by atoms with Gasteiger partial charge in [0.1, 0.15) is 0 Å². The molecule has 1 saturated heterocycles. The summed E-state index contributed by atoms with van der Waals surface area (Å²) in [4.78, 5) is 37.6. The first-order valence-electron chi connectivity index (χ1n) is 10.0. The Hall–Kier alpha value is -3.13. The minimum atomic E-state index is -0.901. The van der Waals surface area contributed by atoms with Gasteiger partial charge in [-0.25, -0.2) is 0 Å². The molecule has 0 aliphatic carbocycles. The molecule has 1 aliphatic heterocycles. The minimum Gasteiger partial charge on any atom is -0.481 e. The van der Waals surface area contributed by atoms with Crippen LogP contribution in [0.15, 0.2) is 58.3 Å². The number of carbonyl (C=O) groups is 2. The number of rotatable bonds is 7. The second kappa shape index (κ2) is 9.78. The third-order valence-corrected chi connectivity index (χ3v) is 6.36. The van der Waals surface area contributed by atoms with Crippen LogP contribution in [0.1, 0.15) is 37.3 Å². The topological polar surface area (TPSA) is 101 Å². The van der Waals surface area contributed by atoms with Gasteiger partial charge in [-0.05, 0) is 41.7 Å². The zero-order valence-corrected chi connectivity index (χ0v) is 18.2. The summed E-state index contributed by atoms with van der Waals surface area (Å²) in [5.41, 5.74) is 1.64. The first kappa shape index (κ1) is 22.6. The first-order chi connectivity index (χ1) is 14.8. The maximum absolute atomic E-state index is 12.3. The van der Waals surface area contributed by atoms with Gasteiger partial charge in [0.15, 0.2) is 0 Å². The lowest BCUT2D eigenvalue weighted by atomic mass is 10.0. The molecule has 7 nitrogen and oxygen atoms in total. The Bertz CT molecular complexity index is 1030. The van der Waals surface area contributed by atoms with E-state index in [0.717, 1.165) is 10.5 Å². The molecule has 2 aromatic carbocycles. The lowest BCUT2D eigenvalue weighted by Crippen LogP contribution is -2.28. The highest BCUT2D eigenvalue weighted by atomic mass is 32.2. The van der Waals surface area contributed by atoms with E-state index in [2.05, 4.69) is 13.8 Å². The molecule has 8 heteroatoms. The van der Waals surface area contributed by atoms with E-state index >= 15 is 0 Å². The molecule has 1 N–H and O–H groups in total. The smallest absolute Gasteiger partial charge is 0.308 e. The number of likely N-dealkylation sites (tertiary alicyclic amines) is 1. The van der Waals surface area contributed by atoms with E-state index < -0.39 is 16.8 Å². The molecular formula is C23H24N2O5S. The molecule has 2 aromatic rings. The minimum absolute atomic E-state index is 0.0229. The number of carboxylic acid groups (broad SMARTS) is 1. The van der Waals surface area contributed by atoms with Gasteiger partial charge < -0.3 is 10.0 Å². The molecular weight excluding hydrogens is 416 g/mol. The van der Waals surface area contributed by atoms with Gasteiger partial charge in [0, 0.05) is 30.1 Å². The first-order valence-corrected chi connectivity index (χ1v) is 10.8. The SMILES string of the molecule is CC(C)c1ccccc1Sc1ccc(/C=C/C(=O)N2CCC(C(=O)O)C2)cc1[N+](=O)[O-]. The van der Waals surface area contributed by atoms with Crippen molar-refractivity contribution in [2.24, 2.45) is 5.92 Å². The summed E-state index contributed by atoms with van der Waals surface area (Å²) >= 11 is 1.36. The fourth-order valence-electron chi connectivity index (χ4n) is 3.47. The lowest BCUT2D eigenvalue weighted by Gasteiger charge is -2.13. The second-order valence-electron chi connectivity index (χ2n) is 7.72. The monoisotopic (exact) mass is 440 g/mol. The summed E-state index contributed by atoms with van der Waals surface area (Å²) in [6.45, 7) is 4.74. The molecule has 1 aliphatic rings. The average Bonchev–Trinajstić information content (AvgIpc) is 3.23. The summed E-state index contributed by atoms with van der Waals surface area (Å²) in [7, 11) is 0. The van der Waals surface area contributed by atoms with Crippen molar-refractivity contribution < 1.29 is 19.6 Å². The molecule has 1 amide bonds. The van der Waals surface area contributed by atoms with Crippen LogP contribution in [-0.2, 0) is 9.59 Å². The molecule has 1 unspecified atom stereocenters. The fourth-order valence-corrected chi connectivity index (χ4v) is 4.65. The molecule has 0 radical (unpaired) electrons. The number of benzene rings is 2. The molecule has 3 rings (SSSR count). The van der Waals surface area contributed by atoms with Gasteiger partial charge in [0.25, 0.3) is 5.69 Å². The Kier molecular flexibility index (Phi) is 7.12. The summed E-state index contributed by atoms with van der Waals surface area (Å²) in [5, 5.41) is 20.7. The molecule has 0 aromatic heterocycles. The summed E-state index contributed by atoms with van der Waals surface area (Å²) in [6.07, 6.45) is 3.30. The number of aliphatic carboxylic acids is 1. The number of hydrogen-bond acceptors (Lipinski definition) is 5. The van der Waals surface area contributed by atoms with Crippen LogP contribution < -0.4 is 0 Å². The largest absolute Gasteiger partial charge is 0.481 e. The standard InChI is InChI=1S/C23H24N2O5S/c1-15(2)18-5-3-4-6-20(18)31-21-9-7-16(13-19(21)25(29)30)8-10-22(26)24-12-11-17(14-24)23(27)28/h3-10,13,15,17H,11-12,14H2,1-2H3,(H,27,28)/b10-8+. The Morgan fingerprint density at radius 1 is 1.23 bits per heavy atom. The number of nitro benzene ring substituents is 1. The average molecular weight is 441 g/mol. The molecule has 0 spiro atoms. The van der Waals surface area contributed by atoms with Crippen molar-refractivity contribution in [1.82, 2.24) is 4.90 Å². The van der Waals surface area contributed by atoms with Gasteiger partial charge >= 0.3 is 5.97 Å². The lowest BCUT2D eigenvalue weighted by molar-refractivity contribution is -0.387. The predicted octanol–water partition coefficient (Wildman–Crippen LogP) is 4.82. The van der Waals surface area contributed by atoms with Crippen LogP contribution in [0.5, 0.6) is 0 Å². The van der Waals surface area contributed by atoms with E-state index in [1.807, 2.05) is 24.3 Å². The summed E-state index contributed by atoms with van der Waals surface area (Å²) in [5.74, 6) is -1.44. The maximum atomic E-state index is 12.3. The van der Waals surface area contributed by atoms with Crippen LogP contribution in [0.4, 0.5) is 5.69 Å². The summed E-state index contributed by atoms with van der Waals surface area (Å²) in [6, 6.07) is 12.7. The third kappa shape index (κ3) is 5.52. The molecule has 1 heterocycles. The van der Waals surface area contributed by atoms with Gasteiger partial charge in [0.2, 0.25) is 5.91 Å². The molecule has 1 fully saturated rings.